The number of ether oxygens (including phenoxy) is 1. The summed E-state index contributed by atoms with van der Waals surface area (Å²) < 4.78 is 7.26. The molecule has 228 valence electrons. The van der Waals surface area contributed by atoms with E-state index in [4.69, 9.17) is 4.74 Å². The molecule has 44 heavy (non-hydrogen) atoms. The van der Waals surface area contributed by atoms with Gasteiger partial charge >= 0.3 is 0 Å². The molecule has 14 heteroatoms. The number of aromatic nitrogens is 2. The Bertz CT molecular complexity index is 2060. The number of aliphatic hydroxyl groups is 4. The van der Waals surface area contributed by atoms with Crippen LogP contribution >= 0.6 is 0 Å². The van der Waals surface area contributed by atoms with Crippen molar-refractivity contribution >= 4 is 61.3 Å². The van der Waals surface area contributed by atoms with Gasteiger partial charge in [-0.2, -0.15) is 5.01 Å². The van der Waals surface area contributed by atoms with Gasteiger partial charge in [0.15, 0.2) is 6.23 Å². The van der Waals surface area contributed by atoms with Gasteiger partial charge in [0.2, 0.25) is 5.91 Å². The number of carbonyl (C=O) groups is 3. The highest BCUT2D eigenvalue weighted by atomic mass is 16.6. The molecule has 3 amide bonds. The predicted octanol–water partition coefficient (Wildman–Crippen LogP) is 1.10. The van der Waals surface area contributed by atoms with E-state index < -0.39 is 60.9 Å². The largest absolute Gasteiger partial charge is 0.506 e. The summed E-state index contributed by atoms with van der Waals surface area (Å²) in [5.41, 5.74) is 2.85. The monoisotopic (exact) mass is 604 g/mol. The molecule has 8 N–H and O–H groups in total. The number of rotatable bonds is 4. The SMILES string of the molecule is CC(C)C(=O)NN1C(=O)c2c(c3c4cccc(O)c4n([C@@H]4O[C@H](CO)[C@@H](O)[C@H](O)[C@H]4O)c3c3[nH]c4c(O)cccc4c23)C1=O. The van der Waals surface area contributed by atoms with Crippen molar-refractivity contribution in [1.29, 1.82) is 0 Å². The van der Waals surface area contributed by atoms with Crippen LogP contribution in [-0.4, -0.2) is 93.9 Å². The van der Waals surface area contributed by atoms with Crippen LogP contribution in [0.2, 0.25) is 0 Å². The summed E-state index contributed by atoms with van der Waals surface area (Å²) in [6.45, 7) is 2.49. The Kier molecular flexibility index (Phi) is 6.15. The molecule has 4 heterocycles. The van der Waals surface area contributed by atoms with Crippen LogP contribution in [-0.2, 0) is 9.53 Å². The lowest BCUT2D eigenvalue weighted by Crippen LogP contribution is -2.56. The summed E-state index contributed by atoms with van der Waals surface area (Å²) in [5, 5.41) is 65.8. The summed E-state index contributed by atoms with van der Waals surface area (Å²) >= 11 is 0. The highest BCUT2D eigenvalue weighted by molar-refractivity contribution is 6.39. The van der Waals surface area contributed by atoms with Gasteiger partial charge in [0.1, 0.15) is 35.9 Å². The van der Waals surface area contributed by atoms with E-state index in [1.165, 1.54) is 22.8 Å². The number of hydrazine groups is 1. The third kappa shape index (κ3) is 3.57. The number of H-pyrrole nitrogens is 1. The number of phenols is 2. The molecule has 2 aliphatic rings. The fourth-order valence-corrected chi connectivity index (χ4v) is 6.37. The molecule has 5 aromatic rings. The van der Waals surface area contributed by atoms with Crippen LogP contribution in [0.4, 0.5) is 0 Å². The Morgan fingerprint density at radius 3 is 2.18 bits per heavy atom. The van der Waals surface area contributed by atoms with Crippen LogP contribution in [0.3, 0.4) is 0 Å². The van der Waals surface area contributed by atoms with Crippen molar-refractivity contribution in [2.45, 2.75) is 44.5 Å². The zero-order valence-corrected chi connectivity index (χ0v) is 23.3. The maximum Gasteiger partial charge on any atom is 0.281 e. The summed E-state index contributed by atoms with van der Waals surface area (Å²) in [5.74, 6) is -3.28. The molecule has 7 rings (SSSR count). The Hall–Kier alpha value is -4.73. The third-order valence-corrected chi connectivity index (χ3v) is 8.50. The summed E-state index contributed by atoms with van der Waals surface area (Å²) in [6, 6.07) is 9.07. The topological polar surface area (TPSA) is 218 Å². The van der Waals surface area contributed by atoms with Crippen LogP contribution < -0.4 is 5.43 Å². The lowest BCUT2D eigenvalue weighted by Gasteiger charge is -2.41. The van der Waals surface area contributed by atoms with Gasteiger partial charge in [0, 0.05) is 27.5 Å². The van der Waals surface area contributed by atoms with Crippen molar-refractivity contribution in [2.24, 2.45) is 5.92 Å². The van der Waals surface area contributed by atoms with E-state index in [0.29, 0.717) is 10.4 Å². The zero-order chi connectivity index (χ0) is 31.4. The number of carbonyl (C=O) groups excluding carboxylic acids is 3. The van der Waals surface area contributed by atoms with E-state index in [1.807, 2.05) is 0 Å². The minimum atomic E-state index is -1.79. The second kappa shape index (κ2) is 9.64. The van der Waals surface area contributed by atoms with E-state index >= 15 is 0 Å². The molecule has 0 radical (unpaired) electrons. The van der Waals surface area contributed by atoms with Crippen LogP contribution in [0.15, 0.2) is 36.4 Å². The zero-order valence-electron chi connectivity index (χ0n) is 23.3. The average Bonchev–Trinajstić information content (AvgIpc) is 3.62. The number of amides is 3. The molecule has 1 fully saturated rings. The summed E-state index contributed by atoms with van der Waals surface area (Å²) in [4.78, 5) is 43.9. The first-order chi connectivity index (χ1) is 21.0. The van der Waals surface area contributed by atoms with Crippen molar-refractivity contribution < 1.29 is 49.8 Å². The van der Waals surface area contributed by atoms with Crippen molar-refractivity contribution in [3.8, 4) is 11.5 Å². The van der Waals surface area contributed by atoms with Crippen LogP contribution in [0, 0.1) is 5.92 Å². The number of nitrogens with zero attached hydrogens (tertiary/aromatic N) is 2. The van der Waals surface area contributed by atoms with Gasteiger partial charge in [0.25, 0.3) is 11.8 Å². The van der Waals surface area contributed by atoms with Gasteiger partial charge in [-0.3, -0.25) is 19.8 Å². The molecule has 0 spiro atoms. The second-order valence-electron chi connectivity index (χ2n) is 11.4. The lowest BCUT2D eigenvalue weighted by atomic mass is 9.96. The minimum Gasteiger partial charge on any atom is -0.506 e. The number of phenolic OH excluding ortho intramolecular Hbond substituents is 2. The van der Waals surface area contributed by atoms with Crippen LogP contribution in [0.1, 0.15) is 40.8 Å². The molecule has 0 aliphatic carbocycles. The number of hydrogen-bond acceptors (Lipinski definition) is 10. The molecule has 0 unspecified atom stereocenters. The molecule has 0 saturated carbocycles. The quantitative estimate of drug-likeness (QED) is 0.137. The fraction of sp³-hybridized carbons (Fsp3) is 0.300. The maximum atomic E-state index is 14.1. The Morgan fingerprint density at radius 2 is 1.52 bits per heavy atom. The minimum absolute atomic E-state index is 0.0503. The fourth-order valence-electron chi connectivity index (χ4n) is 6.37. The Labute approximate surface area is 247 Å². The van der Waals surface area contributed by atoms with Gasteiger partial charge in [-0.25, -0.2) is 0 Å². The van der Waals surface area contributed by atoms with Crippen molar-refractivity contribution in [3.05, 3.63) is 47.5 Å². The lowest BCUT2D eigenvalue weighted by molar-refractivity contribution is -0.249. The number of aromatic hydroxyl groups is 2. The van der Waals surface area contributed by atoms with E-state index in [-0.39, 0.29) is 60.9 Å². The smallest absolute Gasteiger partial charge is 0.281 e. The normalized spacial score (nSPS) is 24.0. The molecule has 2 aliphatic heterocycles. The average molecular weight is 605 g/mol. The number of imide groups is 1. The Morgan fingerprint density at radius 1 is 0.886 bits per heavy atom. The van der Waals surface area contributed by atoms with Crippen molar-refractivity contribution in [1.82, 2.24) is 20.0 Å². The van der Waals surface area contributed by atoms with E-state index in [0.717, 1.165) is 0 Å². The number of fused-ring (bicyclic) bond motifs is 10. The maximum absolute atomic E-state index is 14.1. The summed E-state index contributed by atoms with van der Waals surface area (Å²) in [6.07, 6.45) is -8.06. The molecule has 1 saturated heterocycles. The first kappa shape index (κ1) is 28.1. The van der Waals surface area contributed by atoms with Crippen molar-refractivity contribution in [2.75, 3.05) is 6.61 Å². The van der Waals surface area contributed by atoms with Crippen LogP contribution in [0.5, 0.6) is 11.5 Å². The van der Waals surface area contributed by atoms with Gasteiger partial charge in [0.05, 0.1) is 39.8 Å². The number of para-hydroxylation sites is 2. The van der Waals surface area contributed by atoms with E-state index in [2.05, 4.69) is 10.4 Å². The molecule has 2 aromatic heterocycles. The number of aromatic amines is 1. The van der Waals surface area contributed by atoms with Gasteiger partial charge in [-0.05, 0) is 12.1 Å². The van der Waals surface area contributed by atoms with Gasteiger partial charge < -0.3 is 44.9 Å². The van der Waals surface area contributed by atoms with E-state index in [9.17, 15) is 45.0 Å². The number of nitrogens with one attached hydrogen (secondary N) is 2. The molecule has 5 atom stereocenters. The number of aliphatic hydroxyl groups excluding tert-OH is 4. The molecule has 14 nitrogen and oxygen atoms in total. The third-order valence-electron chi connectivity index (χ3n) is 8.50. The highest BCUT2D eigenvalue weighted by Gasteiger charge is 2.47. The second-order valence-corrected chi connectivity index (χ2v) is 11.4. The Balaban J connectivity index is 1.67. The molecular weight excluding hydrogens is 576 g/mol. The summed E-state index contributed by atoms with van der Waals surface area (Å²) in [7, 11) is 0. The highest BCUT2D eigenvalue weighted by Crippen LogP contribution is 2.49. The first-order valence-electron chi connectivity index (χ1n) is 13.9. The van der Waals surface area contributed by atoms with Gasteiger partial charge in [-0.1, -0.05) is 38.1 Å². The van der Waals surface area contributed by atoms with Gasteiger partial charge in [-0.15, -0.1) is 0 Å². The number of benzene rings is 3. The molecule has 3 aromatic carbocycles. The van der Waals surface area contributed by atoms with Crippen LogP contribution in [0.25, 0.3) is 43.6 Å². The molecular formula is C30H28N4O10. The standard InChI is InChI=1S/C30H28N4O10/c1-10(2)27(41)32-34-28(42)18-16-11-5-3-7-13(36)20(11)31-21(16)23-17(19(18)29(34)43)12-6-4-8-14(37)22(12)33(23)30-26(40)25(39)24(38)15(9-35)44-30/h3-8,10,15,24-26,30-31,35-40H,9H2,1-2H3,(H,32,41)/t15-,24-,25+,26-,30-/m1/s1. The molecule has 0 bridgehead atoms. The first-order valence-corrected chi connectivity index (χ1v) is 13.9. The van der Waals surface area contributed by atoms with E-state index in [1.54, 1.807) is 32.0 Å². The van der Waals surface area contributed by atoms with Crippen molar-refractivity contribution in [3.63, 3.8) is 0 Å². The predicted molar refractivity (Wildman–Crippen MR) is 155 cm³/mol. The number of hydrogen-bond donors (Lipinski definition) is 8.